The Kier molecular flexibility index (Phi) is 5.85. The summed E-state index contributed by atoms with van der Waals surface area (Å²) in [5, 5.41) is 11.8. The van der Waals surface area contributed by atoms with Crippen LogP contribution in [0.25, 0.3) is 0 Å². The van der Waals surface area contributed by atoms with Crippen molar-refractivity contribution in [1.29, 1.82) is 0 Å². The number of aliphatic carboxylic acids is 1. The van der Waals surface area contributed by atoms with Crippen molar-refractivity contribution >= 4 is 12.0 Å². The van der Waals surface area contributed by atoms with Gasteiger partial charge in [0.05, 0.1) is 0 Å². The summed E-state index contributed by atoms with van der Waals surface area (Å²) in [7, 11) is 0. The SMILES string of the molecule is CC(NC(=O)N1CCC(CCC(=O)O)C1)C1CCOCC1. The molecule has 2 N–H and O–H groups in total. The molecular formula is C15H26N2O4. The summed E-state index contributed by atoms with van der Waals surface area (Å²) in [6, 6.07) is 0.159. The Hall–Kier alpha value is -1.30. The number of hydrogen-bond donors (Lipinski definition) is 2. The minimum absolute atomic E-state index is 0.00758. The Balaban J connectivity index is 1.72. The zero-order chi connectivity index (χ0) is 15.2. The van der Waals surface area contributed by atoms with Gasteiger partial charge in [-0.25, -0.2) is 4.79 Å². The van der Waals surface area contributed by atoms with Gasteiger partial charge in [-0.3, -0.25) is 4.79 Å². The lowest BCUT2D eigenvalue weighted by atomic mass is 9.93. The zero-order valence-electron chi connectivity index (χ0n) is 12.7. The molecule has 2 unspecified atom stereocenters. The highest BCUT2D eigenvalue weighted by molar-refractivity contribution is 5.74. The Bertz CT molecular complexity index is 369. The number of carboxylic acids is 1. The number of carbonyl (C=O) groups excluding carboxylic acids is 1. The second kappa shape index (κ2) is 7.64. The molecule has 2 rings (SSSR count). The molecule has 6 nitrogen and oxygen atoms in total. The lowest BCUT2D eigenvalue weighted by Crippen LogP contribution is -2.46. The van der Waals surface area contributed by atoms with E-state index in [4.69, 9.17) is 9.84 Å². The molecule has 0 saturated carbocycles. The van der Waals surface area contributed by atoms with Crippen molar-refractivity contribution in [2.75, 3.05) is 26.3 Å². The van der Waals surface area contributed by atoms with Gasteiger partial charge < -0.3 is 20.1 Å². The van der Waals surface area contributed by atoms with E-state index in [-0.39, 0.29) is 18.5 Å². The monoisotopic (exact) mass is 298 g/mol. The van der Waals surface area contributed by atoms with Crippen LogP contribution >= 0.6 is 0 Å². The largest absolute Gasteiger partial charge is 0.481 e. The number of urea groups is 1. The number of carboxylic acid groups (broad SMARTS) is 1. The van der Waals surface area contributed by atoms with Gasteiger partial charge >= 0.3 is 12.0 Å². The molecule has 2 amide bonds. The van der Waals surface area contributed by atoms with E-state index in [1.807, 2.05) is 4.90 Å². The van der Waals surface area contributed by atoms with E-state index in [9.17, 15) is 9.59 Å². The van der Waals surface area contributed by atoms with Gasteiger partial charge in [-0.15, -0.1) is 0 Å². The van der Waals surface area contributed by atoms with Crippen molar-refractivity contribution in [2.45, 2.75) is 45.1 Å². The number of nitrogens with one attached hydrogen (secondary N) is 1. The van der Waals surface area contributed by atoms with Crippen LogP contribution < -0.4 is 5.32 Å². The molecule has 0 spiro atoms. The van der Waals surface area contributed by atoms with Crippen LogP contribution in [0.5, 0.6) is 0 Å². The molecule has 0 aliphatic carbocycles. The van der Waals surface area contributed by atoms with Crippen LogP contribution in [0, 0.1) is 11.8 Å². The molecule has 0 aromatic heterocycles. The Labute approximate surface area is 125 Å². The lowest BCUT2D eigenvalue weighted by Gasteiger charge is -2.30. The van der Waals surface area contributed by atoms with Crippen molar-refractivity contribution in [3.8, 4) is 0 Å². The third-order valence-corrected chi connectivity index (χ3v) is 4.66. The molecule has 2 saturated heterocycles. The third kappa shape index (κ3) is 4.88. The number of hydrogen-bond acceptors (Lipinski definition) is 3. The first-order valence-electron chi connectivity index (χ1n) is 7.91. The van der Waals surface area contributed by atoms with Crippen molar-refractivity contribution in [3.05, 3.63) is 0 Å². The maximum absolute atomic E-state index is 12.2. The molecule has 2 aliphatic rings. The summed E-state index contributed by atoms with van der Waals surface area (Å²) >= 11 is 0. The van der Waals surface area contributed by atoms with E-state index in [0.717, 1.165) is 39.0 Å². The van der Waals surface area contributed by atoms with E-state index in [1.54, 1.807) is 0 Å². The second-order valence-electron chi connectivity index (χ2n) is 6.22. The van der Waals surface area contributed by atoms with Crippen LogP contribution in [0.15, 0.2) is 0 Å². The highest BCUT2D eigenvalue weighted by atomic mass is 16.5. The van der Waals surface area contributed by atoms with Crippen LogP contribution in [0.3, 0.4) is 0 Å². The summed E-state index contributed by atoms with van der Waals surface area (Å²) in [4.78, 5) is 24.7. The number of carbonyl (C=O) groups is 2. The fourth-order valence-electron chi connectivity index (χ4n) is 3.20. The Morgan fingerprint density at radius 3 is 2.71 bits per heavy atom. The first kappa shape index (κ1) is 16.1. The van der Waals surface area contributed by atoms with Crippen LogP contribution in [0.1, 0.15) is 39.0 Å². The minimum atomic E-state index is -0.758. The maximum atomic E-state index is 12.2. The molecule has 2 atom stereocenters. The molecule has 0 aromatic carbocycles. The Morgan fingerprint density at radius 2 is 2.05 bits per heavy atom. The normalized spacial score (nSPS) is 24.8. The van der Waals surface area contributed by atoms with E-state index < -0.39 is 5.97 Å². The van der Waals surface area contributed by atoms with Gasteiger partial charge in [-0.1, -0.05) is 0 Å². The van der Waals surface area contributed by atoms with E-state index in [2.05, 4.69) is 12.2 Å². The summed E-state index contributed by atoms with van der Waals surface area (Å²) < 4.78 is 5.34. The molecule has 0 aromatic rings. The summed E-state index contributed by atoms with van der Waals surface area (Å²) in [6.07, 6.45) is 3.77. The maximum Gasteiger partial charge on any atom is 0.317 e. The van der Waals surface area contributed by atoms with Gasteiger partial charge in [-0.2, -0.15) is 0 Å². The van der Waals surface area contributed by atoms with Crippen molar-refractivity contribution in [1.82, 2.24) is 10.2 Å². The predicted octanol–water partition coefficient (Wildman–Crippen LogP) is 1.70. The molecule has 2 aliphatic heterocycles. The van der Waals surface area contributed by atoms with E-state index in [1.165, 1.54) is 0 Å². The molecule has 2 fully saturated rings. The van der Waals surface area contributed by atoms with Gasteiger partial charge in [0.15, 0.2) is 0 Å². The first-order chi connectivity index (χ1) is 10.1. The van der Waals surface area contributed by atoms with Crippen LogP contribution in [0.2, 0.25) is 0 Å². The molecule has 120 valence electrons. The summed E-state index contributed by atoms with van der Waals surface area (Å²) in [6.45, 7) is 5.04. The summed E-state index contributed by atoms with van der Waals surface area (Å²) in [5.41, 5.74) is 0. The van der Waals surface area contributed by atoms with Crippen molar-refractivity contribution in [2.24, 2.45) is 11.8 Å². The predicted molar refractivity (Wildman–Crippen MR) is 78.1 cm³/mol. The van der Waals surface area contributed by atoms with Crippen LogP contribution in [-0.4, -0.2) is 54.4 Å². The van der Waals surface area contributed by atoms with Crippen molar-refractivity contribution in [3.63, 3.8) is 0 Å². The lowest BCUT2D eigenvalue weighted by molar-refractivity contribution is -0.137. The number of nitrogens with zero attached hydrogens (tertiary/aromatic N) is 1. The number of rotatable bonds is 5. The molecule has 21 heavy (non-hydrogen) atoms. The van der Waals surface area contributed by atoms with Gasteiger partial charge in [0.2, 0.25) is 0 Å². The van der Waals surface area contributed by atoms with Crippen molar-refractivity contribution < 1.29 is 19.4 Å². The zero-order valence-corrected chi connectivity index (χ0v) is 12.7. The second-order valence-corrected chi connectivity index (χ2v) is 6.22. The molecule has 0 radical (unpaired) electrons. The van der Waals surface area contributed by atoms with Crippen LogP contribution in [-0.2, 0) is 9.53 Å². The smallest absolute Gasteiger partial charge is 0.317 e. The average molecular weight is 298 g/mol. The Morgan fingerprint density at radius 1 is 1.33 bits per heavy atom. The van der Waals surface area contributed by atoms with Crippen LogP contribution in [0.4, 0.5) is 4.79 Å². The van der Waals surface area contributed by atoms with E-state index >= 15 is 0 Å². The molecule has 2 heterocycles. The molecule has 0 bridgehead atoms. The quantitative estimate of drug-likeness (QED) is 0.809. The fourth-order valence-corrected chi connectivity index (χ4v) is 3.20. The number of ether oxygens (including phenoxy) is 1. The highest BCUT2D eigenvalue weighted by Crippen LogP contribution is 2.22. The summed E-state index contributed by atoms with van der Waals surface area (Å²) in [5.74, 6) is 0.0596. The topological polar surface area (TPSA) is 78.9 Å². The molecular weight excluding hydrogens is 272 g/mol. The van der Waals surface area contributed by atoms with Gasteiger partial charge in [0.25, 0.3) is 0 Å². The first-order valence-corrected chi connectivity index (χ1v) is 7.91. The fraction of sp³-hybridized carbons (Fsp3) is 0.867. The van der Waals surface area contributed by atoms with Gasteiger partial charge in [0.1, 0.15) is 0 Å². The van der Waals surface area contributed by atoms with Gasteiger partial charge in [-0.05, 0) is 44.4 Å². The van der Waals surface area contributed by atoms with E-state index in [0.29, 0.717) is 24.8 Å². The minimum Gasteiger partial charge on any atom is -0.481 e. The number of likely N-dealkylation sites (tertiary alicyclic amines) is 1. The standard InChI is InChI=1S/C15H26N2O4/c1-11(13-5-8-21-9-6-13)16-15(20)17-7-4-12(10-17)2-3-14(18)19/h11-13H,2-10H2,1H3,(H,16,20)(H,18,19). The third-order valence-electron chi connectivity index (χ3n) is 4.66. The highest BCUT2D eigenvalue weighted by Gasteiger charge is 2.29. The number of amides is 2. The van der Waals surface area contributed by atoms with Gasteiger partial charge in [0, 0.05) is 38.8 Å². The average Bonchev–Trinajstić information content (AvgIpc) is 2.95. The molecule has 6 heteroatoms.